The molecule has 2 heterocycles. The second kappa shape index (κ2) is 4.94. The highest BCUT2D eigenvalue weighted by Gasteiger charge is 2.28. The Labute approximate surface area is 118 Å². The minimum absolute atomic E-state index is 0.0190. The Balaban J connectivity index is 1.94. The summed E-state index contributed by atoms with van der Waals surface area (Å²) in [5.41, 5.74) is 1.16. The van der Waals surface area contributed by atoms with Gasteiger partial charge in [-0.3, -0.25) is 9.59 Å². The Bertz CT molecular complexity index is 552. The summed E-state index contributed by atoms with van der Waals surface area (Å²) >= 11 is 3.37. The second-order valence-corrected chi connectivity index (χ2v) is 5.44. The van der Waals surface area contributed by atoms with Crippen LogP contribution in [-0.2, 0) is 9.53 Å². The Morgan fingerprint density at radius 3 is 3.00 bits per heavy atom. The maximum absolute atomic E-state index is 12.4. The van der Waals surface area contributed by atoms with Gasteiger partial charge in [0.25, 0.3) is 5.91 Å². The Kier molecular flexibility index (Phi) is 3.28. The molecule has 1 amide bonds. The number of anilines is 1. The Morgan fingerprint density at radius 1 is 1.42 bits per heavy atom. The van der Waals surface area contributed by atoms with Gasteiger partial charge in [-0.2, -0.15) is 0 Å². The van der Waals surface area contributed by atoms with E-state index in [-0.39, 0.29) is 24.2 Å². The van der Waals surface area contributed by atoms with E-state index in [4.69, 9.17) is 9.47 Å². The number of ketones is 1. The zero-order chi connectivity index (χ0) is 13.4. The number of nitrogens with one attached hydrogen (secondary N) is 1. The zero-order valence-electron chi connectivity index (χ0n) is 10.1. The molecule has 1 saturated heterocycles. The summed E-state index contributed by atoms with van der Waals surface area (Å²) in [6, 6.07) is 3.38. The van der Waals surface area contributed by atoms with Crippen molar-refractivity contribution < 1.29 is 19.1 Å². The van der Waals surface area contributed by atoms with Crippen LogP contribution >= 0.6 is 15.9 Å². The highest BCUT2D eigenvalue weighted by molar-refractivity contribution is 9.10. The standard InChI is InChI=1S/C13H12BrNO4/c14-9-4-10-11(19-6-12(16)15-10)3-8(9)13(17)7-1-2-18-5-7/h3-4,7H,1-2,5-6H2,(H,15,16). The highest BCUT2D eigenvalue weighted by Crippen LogP contribution is 2.35. The number of benzene rings is 1. The molecule has 1 aromatic rings. The third-order valence-electron chi connectivity index (χ3n) is 3.27. The number of halogens is 1. The lowest BCUT2D eigenvalue weighted by atomic mass is 9.96. The summed E-state index contributed by atoms with van der Waals surface area (Å²) in [5, 5.41) is 2.71. The Hall–Kier alpha value is -1.40. The van der Waals surface area contributed by atoms with E-state index >= 15 is 0 Å². The van der Waals surface area contributed by atoms with E-state index in [0.717, 1.165) is 6.42 Å². The predicted molar refractivity (Wildman–Crippen MR) is 71.5 cm³/mol. The van der Waals surface area contributed by atoms with Gasteiger partial charge in [0.05, 0.1) is 12.3 Å². The van der Waals surface area contributed by atoms with Gasteiger partial charge < -0.3 is 14.8 Å². The van der Waals surface area contributed by atoms with Gasteiger partial charge >= 0.3 is 0 Å². The molecule has 6 heteroatoms. The van der Waals surface area contributed by atoms with Crippen LogP contribution in [0, 0.1) is 5.92 Å². The molecule has 19 heavy (non-hydrogen) atoms. The first-order valence-corrected chi connectivity index (χ1v) is 6.82. The summed E-state index contributed by atoms with van der Waals surface area (Å²) in [4.78, 5) is 23.6. The van der Waals surface area contributed by atoms with Crippen molar-refractivity contribution in [2.45, 2.75) is 6.42 Å². The van der Waals surface area contributed by atoms with Crippen molar-refractivity contribution in [1.29, 1.82) is 0 Å². The Morgan fingerprint density at radius 2 is 2.26 bits per heavy atom. The first-order chi connectivity index (χ1) is 9.15. The molecule has 0 spiro atoms. The smallest absolute Gasteiger partial charge is 0.262 e. The molecule has 0 aliphatic carbocycles. The molecule has 0 aromatic heterocycles. The normalized spacial score (nSPS) is 21.5. The van der Waals surface area contributed by atoms with E-state index in [9.17, 15) is 9.59 Å². The maximum atomic E-state index is 12.4. The lowest BCUT2D eigenvalue weighted by Crippen LogP contribution is -2.26. The average Bonchev–Trinajstić information content (AvgIpc) is 2.91. The molecular formula is C13H12BrNO4. The van der Waals surface area contributed by atoms with E-state index in [1.165, 1.54) is 0 Å². The van der Waals surface area contributed by atoms with Crippen molar-refractivity contribution in [2.75, 3.05) is 25.1 Å². The molecule has 2 aliphatic rings. The molecule has 1 unspecified atom stereocenters. The van der Waals surface area contributed by atoms with Crippen molar-refractivity contribution in [3.63, 3.8) is 0 Å². The molecule has 5 nitrogen and oxygen atoms in total. The minimum atomic E-state index is -0.192. The highest BCUT2D eigenvalue weighted by atomic mass is 79.9. The van der Waals surface area contributed by atoms with Crippen molar-refractivity contribution in [3.8, 4) is 5.75 Å². The number of rotatable bonds is 2. The van der Waals surface area contributed by atoms with Crippen LogP contribution in [0.2, 0.25) is 0 Å². The summed E-state index contributed by atoms with van der Waals surface area (Å²) < 4.78 is 11.2. The van der Waals surface area contributed by atoms with Gasteiger partial charge in [-0.25, -0.2) is 0 Å². The van der Waals surface area contributed by atoms with Gasteiger partial charge in [-0.1, -0.05) is 0 Å². The third kappa shape index (κ3) is 2.37. The van der Waals surface area contributed by atoms with E-state index in [2.05, 4.69) is 21.2 Å². The van der Waals surface area contributed by atoms with E-state index in [1.54, 1.807) is 12.1 Å². The molecule has 1 atom stereocenters. The number of carbonyl (C=O) groups is 2. The molecule has 1 N–H and O–H groups in total. The molecule has 1 aromatic carbocycles. The van der Waals surface area contributed by atoms with Crippen LogP contribution in [-0.4, -0.2) is 31.5 Å². The van der Waals surface area contributed by atoms with Crippen LogP contribution in [0.5, 0.6) is 5.75 Å². The molecule has 100 valence electrons. The van der Waals surface area contributed by atoms with Gasteiger partial charge in [-0.15, -0.1) is 0 Å². The monoisotopic (exact) mass is 325 g/mol. The third-order valence-corrected chi connectivity index (χ3v) is 3.92. The largest absolute Gasteiger partial charge is 0.482 e. The fourth-order valence-electron chi connectivity index (χ4n) is 2.25. The van der Waals surface area contributed by atoms with Gasteiger partial charge in [0, 0.05) is 22.6 Å². The van der Waals surface area contributed by atoms with E-state index < -0.39 is 0 Å². The molecule has 1 fully saturated rings. The fraction of sp³-hybridized carbons (Fsp3) is 0.385. The molecule has 0 saturated carbocycles. The predicted octanol–water partition coefficient (Wildman–Crippen LogP) is 2.00. The number of amides is 1. The number of Topliss-reactive ketones (excluding diaryl/α,β-unsaturated/α-hetero) is 1. The second-order valence-electron chi connectivity index (χ2n) is 4.59. The lowest BCUT2D eigenvalue weighted by Gasteiger charge is -2.20. The van der Waals surface area contributed by atoms with Crippen LogP contribution in [0.3, 0.4) is 0 Å². The zero-order valence-corrected chi connectivity index (χ0v) is 11.7. The molecule has 0 radical (unpaired) electrons. The number of hydrogen-bond acceptors (Lipinski definition) is 4. The molecule has 0 bridgehead atoms. The first kappa shape index (κ1) is 12.6. The van der Waals surface area contributed by atoms with Gasteiger partial charge in [0.1, 0.15) is 5.75 Å². The van der Waals surface area contributed by atoms with E-state index in [1.807, 2.05) is 0 Å². The molecule has 2 aliphatic heterocycles. The van der Waals surface area contributed by atoms with Crippen molar-refractivity contribution in [2.24, 2.45) is 5.92 Å². The molecule has 3 rings (SSSR count). The van der Waals surface area contributed by atoms with Gasteiger partial charge in [0.2, 0.25) is 0 Å². The summed E-state index contributed by atoms with van der Waals surface area (Å²) in [6.45, 7) is 1.08. The number of carbonyl (C=O) groups excluding carboxylic acids is 2. The van der Waals surface area contributed by atoms with Gasteiger partial charge in [-0.05, 0) is 34.5 Å². The van der Waals surface area contributed by atoms with Crippen molar-refractivity contribution in [3.05, 3.63) is 22.2 Å². The van der Waals surface area contributed by atoms with Crippen LogP contribution in [0.4, 0.5) is 5.69 Å². The topological polar surface area (TPSA) is 64.6 Å². The number of hydrogen-bond donors (Lipinski definition) is 1. The summed E-state index contributed by atoms with van der Waals surface area (Å²) in [7, 11) is 0. The molecular weight excluding hydrogens is 314 g/mol. The number of ether oxygens (including phenoxy) is 2. The number of fused-ring (bicyclic) bond motifs is 1. The SMILES string of the molecule is O=C1COc2cc(C(=O)C3CCOC3)c(Br)cc2N1. The van der Waals surface area contributed by atoms with Crippen LogP contribution in [0.1, 0.15) is 16.8 Å². The van der Waals surface area contributed by atoms with Crippen molar-refractivity contribution >= 4 is 33.3 Å². The summed E-state index contributed by atoms with van der Waals surface area (Å²) in [5.74, 6) is 0.299. The first-order valence-electron chi connectivity index (χ1n) is 6.03. The van der Waals surface area contributed by atoms with Crippen LogP contribution in [0.15, 0.2) is 16.6 Å². The van der Waals surface area contributed by atoms with Crippen molar-refractivity contribution in [1.82, 2.24) is 0 Å². The average molecular weight is 326 g/mol. The lowest BCUT2D eigenvalue weighted by molar-refractivity contribution is -0.118. The van der Waals surface area contributed by atoms with E-state index in [0.29, 0.717) is 34.7 Å². The minimum Gasteiger partial charge on any atom is -0.482 e. The van der Waals surface area contributed by atoms with Crippen LogP contribution < -0.4 is 10.1 Å². The van der Waals surface area contributed by atoms with Gasteiger partial charge in [0.15, 0.2) is 12.4 Å². The van der Waals surface area contributed by atoms with Crippen LogP contribution in [0.25, 0.3) is 0 Å². The maximum Gasteiger partial charge on any atom is 0.262 e. The fourth-order valence-corrected chi connectivity index (χ4v) is 2.79. The quantitative estimate of drug-likeness (QED) is 0.845. The summed E-state index contributed by atoms with van der Waals surface area (Å²) in [6.07, 6.45) is 0.750.